The van der Waals surface area contributed by atoms with E-state index in [0.29, 0.717) is 30.1 Å². The molecule has 0 spiro atoms. The Morgan fingerprint density at radius 1 is 1.35 bits per heavy atom. The van der Waals surface area contributed by atoms with Gasteiger partial charge >= 0.3 is 0 Å². The van der Waals surface area contributed by atoms with Crippen molar-refractivity contribution in [2.24, 2.45) is 5.92 Å². The molecular formula is C17H25N3O3. The summed E-state index contributed by atoms with van der Waals surface area (Å²) in [6.07, 6.45) is 4.64. The molecule has 1 aromatic heterocycles. The minimum Gasteiger partial charge on any atom is -0.477 e. The molecule has 3 N–H and O–H groups in total. The fourth-order valence-electron chi connectivity index (χ4n) is 2.15. The van der Waals surface area contributed by atoms with Gasteiger partial charge in [0.1, 0.15) is 0 Å². The number of nitrogens with one attached hydrogen (secondary N) is 2. The maximum absolute atomic E-state index is 12.6. The summed E-state index contributed by atoms with van der Waals surface area (Å²) in [7, 11) is 0. The molecule has 0 aromatic carbocycles. The SMILES string of the molecule is CC(C)(CO)NC(=O)c1nc(OCC2CC2)ccc1NC1CC1. The van der Waals surface area contributed by atoms with Gasteiger partial charge in [-0.15, -0.1) is 0 Å². The lowest BCUT2D eigenvalue weighted by Crippen LogP contribution is -2.46. The number of nitrogens with zero attached hydrogens (tertiary/aromatic N) is 1. The Labute approximate surface area is 136 Å². The van der Waals surface area contributed by atoms with Crippen LogP contribution in [0, 0.1) is 5.92 Å². The largest absolute Gasteiger partial charge is 0.477 e. The fourth-order valence-corrected chi connectivity index (χ4v) is 2.15. The lowest BCUT2D eigenvalue weighted by molar-refractivity contribution is 0.0864. The predicted octanol–water partition coefficient (Wildman–Crippen LogP) is 1.95. The maximum Gasteiger partial charge on any atom is 0.272 e. The van der Waals surface area contributed by atoms with Gasteiger partial charge in [-0.05, 0) is 51.5 Å². The van der Waals surface area contributed by atoms with Gasteiger partial charge in [0.15, 0.2) is 5.69 Å². The molecule has 3 rings (SSSR count). The Morgan fingerprint density at radius 3 is 2.70 bits per heavy atom. The highest BCUT2D eigenvalue weighted by molar-refractivity contribution is 5.98. The van der Waals surface area contributed by atoms with Crippen LogP contribution in [0.4, 0.5) is 5.69 Å². The second-order valence-electron chi connectivity index (χ2n) is 7.21. The predicted molar refractivity (Wildman–Crippen MR) is 87.7 cm³/mol. The van der Waals surface area contributed by atoms with Gasteiger partial charge in [0.2, 0.25) is 5.88 Å². The third kappa shape index (κ3) is 4.58. The molecule has 1 heterocycles. The van der Waals surface area contributed by atoms with Crippen LogP contribution in [0.15, 0.2) is 12.1 Å². The Kier molecular flexibility index (Phi) is 4.43. The standard InChI is InChI=1S/C17H25N3O3/c1-17(2,10-21)20-16(22)15-13(18-12-5-6-12)7-8-14(19-15)23-9-11-3-4-11/h7-8,11-12,18,21H,3-6,9-10H2,1-2H3,(H,20,22). The molecule has 1 amide bonds. The van der Waals surface area contributed by atoms with Gasteiger partial charge < -0.3 is 20.5 Å². The highest BCUT2D eigenvalue weighted by Gasteiger charge is 2.27. The summed E-state index contributed by atoms with van der Waals surface area (Å²) >= 11 is 0. The smallest absolute Gasteiger partial charge is 0.272 e. The summed E-state index contributed by atoms with van der Waals surface area (Å²) in [4.78, 5) is 17.0. The fraction of sp³-hybridized carbons (Fsp3) is 0.647. The van der Waals surface area contributed by atoms with Crippen molar-refractivity contribution in [1.29, 1.82) is 0 Å². The number of hydrogen-bond donors (Lipinski definition) is 3. The third-order valence-electron chi connectivity index (χ3n) is 4.03. The first kappa shape index (κ1) is 16.1. The Morgan fingerprint density at radius 2 is 2.09 bits per heavy atom. The maximum atomic E-state index is 12.6. The van der Waals surface area contributed by atoms with Gasteiger partial charge in [-0.25, -0.2) is 4.98 Å². The highest BCUT2D eigenvalue weighted by atomic mass is 16.5. The quantitative estimate of drug-likeness (QED) is 0.682. The summed E-state index contributed by atoms with van der Waals surface area (Å²) < 4.78 is 5.68. The van der Waals surface area contributed by atoms with Crippen molar-refractivity contribution in [3.63, 3.8) is 0 Å². The van der Waals surface area contributed by atoms with Crippen molar-refractivity contribution in [2.45, 2.75) is 51.1 Å². The van der Waals surface area contributed by atoms with E-state index in [1.807, 2.05) is 6.07 Å². The monoisotopic (exact) mass is 319 g/mol. The number of ether oxygens (including phenoxy) is 1. The van der Waals surface area contributed by atoms with Crippen LogP contribution in [-0.4, -0.2) is 40.8 Å². The molecule has 2 fully saturated rings. The van der Waals surface area contributed by atoms with Crippen molar-refractivity contribution in [2.75, 3.05) is 18.5 Å². The van der Waals surface area contributed by atoms with E-state index >= 15 is 0 Å². The van der Waals surface area contributed by atoms with Gasteiger partial charge in [0, 0.05) is 12.1 Å². The lowest BCUT2D eigenvalue weighted by Gasteiger charge is -2.24. The van der Waals surface area contributed by atoms with E-state index in [2.05, 4.69) is 15.6 Å². The van der Waals surface area contributed by atoms with E-state index in [4.69, 9.17) is 4.74 Å². The van der Waals surface area contributed by atoms with Crippen LogP contribution in [-0.2, 0) is 0 Å². The molecule has 0 bridgehead atoms. The zero-order chi connectivity index (χ0) is 16.4. The van der Waals surface area contributed by atoms with E-state index < -0.39 is 5.54 Å². The molecule has 2 saturated carbocycles. The minimum atomic E-state index is -0.694. The van der Waals surface area contributed by atoms with E-state index in [9.17, 15) is 9.90 Å². The average Bonchev–Trinajstić information content (AvgIpc) is 3.40. The van der Waals surface area contributed by atoms with E-state index in [1.54, 1.807) is 19.9 Å². The van der Waals surface area contributed by atoms with Crippen molar-refractivity contribution in [3.05, 3.63) is 17.8 Å². The summed E-state index contributed by atoms with van der Waals surface area (Å²) in [5.41, 5.74) is 0.352. The zero-order valence-corrected chi connectivity index (χ0v) is 13.8. The number of anilines is 1. The molecule has 0 atom stereocenters. The van der Waals surface area contributed by atoms with Gasteiger partial charge in [-0.3, -0.25) is 4.79 Å². The number of aliphatic hydroxyl groups excluding tert-OH is 1. The average molecular weight is 319 g/mol. The molecule has 0 unspecified atom stereocenters. The van der Waals surface area contributed by atoms with Crippen LogP contribution >= 0.6 is 0 Å². The number of hydrogen-bond acceptors (Lipinski definition) is 5. The number of rotatable bonds is 8. The number of carbonyl (C=O) groups is 1. The molecule has 0 saturated heterocycles. The van der Waals surface area contributed by atoms with Crippen molar-refractivity contribution >= 4 is 11.6 Å². The normalized spacial score (nSPS) is 17.7. The van der Waals surface area contributed by atoms with Crippen LogP contribution in [0.3, 0.4) is 0 Å². The molecule has 126 valence electrons. The van der Waals surface area contributed by atoms with Crippen LogP contribution in [0.1, 0.15) is 50.0 Å². The van der Waals surface area contributed by atoms with Crippen molar-refractivity contribution in [1.82, 2.24) is 10.3 Å². The lowest BCUT2D eigenvalue weighted by atomic mass is 10.1. The molecule has 2 aliphatic carbocycles. The molecule has 2 aliphatic rings. The molecule has 1 aromatic rings. The molecule has 6 nitrogen and oxygen atoms in total. The second-order valence-corrected chi connectivity index (χ2v) is 7.21. The number of pyridine rings is 1. The van der Waals surface area contributed by atoms with E-state index in [1.165, 1.54) is 12.8 Å². The summed E-state index contributed by atoms with van der Waals surface area (Å²) in [6.45, 7) is 4.06. The molecule has 6 heteroatoms. The van der Waals surface area contributed by atoms with Gasteiger partial charge in [-0.1, -0.05) is 0 Å². The highest BCUT2D eigenvalue weighted by Crippen LogP contribution is 2.30. The first-order chi connectivity index (χ1) is 11.0. The third-order valence-corrected chi connectivity index (χ3v) is 4.03. The van der Waals surface area contributed by atoms with Crippen LogP contribution in [0.2, 0.25) is 0 Å². The minimum absolute atomic E-state index is 0.137. The second kappa shape index (κ2) is 6.35. The van der Waals surface area contributed by atoms with Crippen LogP contribution in [0.5, 0.6) is 5.88 Å². The molecule has 23 heavy (non-hydrogen) atoms. The topological polar surface area (TPSA) is 83.5 Å². The zero-order valence-electron chi connectivity index (χ0n) is 13.8. The van der Waals surface area contributed by atoms with Gasteiger partial charge in [0.05, 0.1) is 24.4 Å². The van der Waals surface area contributed by atoms with Crippen LogP contribution < -0.4 is 15.4 Å². The summed E-state index contributed by atoms with van der Waals surface area (Å²) in [5, 5.41) is 15.5. The Balaban J connectivity index is 1.76. The Hall–Kier alpha value is -1.82. The van der Waals surface area contributed by atoms with E-state index in [-0.39, 0.29) is 12.5 Å². The first-order valence-corrected chi connectivity index (χ1v) is 8.30. The van der Waals surface area contributed by atoms with E-state index in [0.717, 1.165) is 18.5 Å². The van der Waals surface area contributed by atoms with Crippen LogP contribution in [0.25, 0.3) is 0 Å². The molecule has 0 aliphatic heterocycles. The first-order valence-electron chi connectivity index (χ1n) is 8.30. The van der Waals surface area contributed by atoms with Crippen molar-refractivity contribution in [3.8, 4) is 5.88 Å². The number of carbonyl (C=O) groups excluding carboxylic acids is 1. The number of amides is 1. The number of aliphatic hydroxyl groups is 1. The van der Waals surface area contributed by atoms with Gasteiger partial charge in [-0.2, -0.15) is 0 Å². The molecule has 0 radical (unpaired) electrons. The Bertz CT molecular complexity index is 580. The van der Waals surface area contributed by atoms with Crippen molar-refractivity contribution < 1.29 is 14.6 Å². The van der Waals surface area contributed by atoms with Gasteiger partial charge in [0.25, 0.3) is 5.91 Å². The summed E-state index contributed by atoms with van der Waals surface area (Å²) in [6, 6.07) is 4.09. The number of aromatic nitrogens is 1. The summed E-state index contributed by atoms with van der Waals surface area (Å²) in [5.74, 6) is 0.806. The molecular weight excluding hydrogens is 294 g/mol.